The summed E-state index contributed by atoms with van der Waals surface area (Å²) in [5.74, 6) is -0.226. The predicted molar refractivity (Wildman–Crippen MR) is 31.6 cm³/mol. The fraction of sp³-hybridized carbons (Fsp3) is 0.500. The van der Waals surface area contributed by atoms with Crippen molar-refractivity contribution in [2.24, 2.45) is 10.7 Å². The van der Waals surface area contributed by atoms with Crippen molar-refractivity contribution in [2.75, 3.05) is 13.6 Å². The van der Waals surface area contributed by atoms with Crippen molar-refractivity contribution in [1.82, 2.24) is 5.32 Å². The van der Waals surface area contributed by atoms with Crippen molar-refractivity contribution in [2.45, 2.75) is 0 Å². The zero-order valence-electron chi connectivity index (χ0n) is 4.72. The van der Waals surface area contributed by atoms with Gasteiger partial charge in [-0.2, -0.15) is 0 Å². The number of nitrogens with zero attached hydrogens (tertiary/aromatic N) is 1. The molecule has 0 aromatic heterocycles. The molecule has 0 unspecified atom stereocenters. The molecule has 0 fully saturated rings. The van der Waals surface area contributed by atoms with Gasteiger partial charge in [-0.1, -0.05) is 0 Å². The van der Waals surface area contributed by atoms with Crippen molar-refractivity contribution < 1.29 is 4.79 Å². The molecule has 4 heteroatoms. The van der Waals surface area contributed by atoms with Crippen molar-refractivity contribution in [1.29, 1.82) is 0 Å². The van der Waals surface area contributed by atoms with Gasteiger partial charge in [0.1, 0.15) is 0 Å². The molecule has 0 saturated heterocycles. The first-order chi connectivity index (χ1) is 3.81. The molecule has 0 spiro atoms. The fourth-order valence-electron chi connectivity index (χ4n) is 0.195. The number of aliphatic imine (C=N–C) groups is 1. The third-order valence-corrected chi connectivity index (χ3v) is 0.540. The Morgan fingerprint density at radius 3 is 3.00 bits per heavy atom. The largest absolute Gasteiger partial charge is 0.322 e. The third kappa shape index (κ3) is 3.30. The quantitative estimate of drug-likeness (QED) is 0.347. The average molecular weight is 115 g/mol. The van der Waals surface area contributed by atoms with Crippen LogP contribution < -0.4 is 11.1 Å². The normalized spacial score (nSPS) is 9.75. The van der Waals surface area contributed by atoms with E-state index >= 15 is 0 Å². The maximum Gasteiger partial charge on any atom is 0.238 e. The van der Waals surface area contributed by atoms with Gasteiger partial charge in [-0.05, 0) is 0 Å². The van der Waals surface area contributed by atoms with Crippen LogP contribution >= 0.6 is 0 Å². The third-order valence-electron chi connectivity index (χ3n) is 0.540. The lowest BCUT2D eigenvalue weighted by Gasteiger charge is -1.90. The molecular weight excluding hydrogens is 106 g/mol. The molecule has 0 rings (SSSR count). The number of nitrogens with two attached hydrogens (primary N) is 1. The second kappa shape index (κ2) is 4.26. The van der Waals surface area contributed by atoms with Gasteiger partial charge >= 0.3 is 0 Å². The Kier molecular flexibility index (Phi) is 3.78. The van der Waals surface area contributed by atoms with E-state index in [1.54, 1.807) is 7.05 Å². The van der Waals surface area contributed by atoms with Crippen molar-refractivity contribution in [3.05, 3.63) is 0 Å². The number of nitrogens with one attached hydrogen (secondary N) is 1. The van der Waals surface area contributed by atoms with Gasteiger partial charge in [0.25, 0.3) is 0 Å². The van der Waals surface area contributed by atoms with Crippen LogP contribution in [0.2, 0.25) is 0 Å². The molecule has 0 aliphatic rings. The Balaban J connectivity index is 3.25. The number of hydrogen-bond donors (Lipinski definition) is 2. The number of carbonyl (C=O) groups excluding carboxylic acids is 1. The van der Waals surface area contributed by atoms with Crippen LogP contribution in [0.5, 0.6) is 0 Å². The number of rotatable bonds is 2. The van der Waals surface area contributed by atoms with E-state index in [9.17, 15) is 4.79 Å². The average Bonchev–Trinajstić information content (AvgIpc) is 1.83. The summed E-state index contributed by atoms with van der Waals surface area (Å²) >= 11 is 0. The van der Waals surface area contributed by atoms with Crippen molar-refractivity contribution in [3.63, 3.8) is 0 Å². The minimum Gasteiger partial charge on any atom is -0.322 e. The summed E-state index contributed by atoms with van der Waals surface area (Å²) in [5, 5.41) is 2.33. The lowest BCUT2D eigenvalue weighted by molar-refractivity contribution is -0.118. The summed E-state index contributed by atoms with van der Waals surface area (Å²) in [6.07, 6.45) is 1.30. The van der Waals surface area contributed by atoms with Crippen molar-refractivity contribution in [3.8, 4) is 0 Å². The first-order valence-corrected chi connectivity index (χ1v) is 2.21. The lowest BCUT2D eigenvalue weighted by atomic mass is 10.6. The van der Waals surface area contributed by atoms with Gasteiger partial charge in [0.2, 0.25) is 5.91 Å². The van der Waals surface area contributed by atoms with Crippen LogP contribution in [-0.2, 0) is 4.79 Å². The molecule has 0 bridgehead atoms. The number of hydrogen-bond acceptors (Lipinski definition) is 3. The molecule has 0 aliphatic carbocycles. The van der Waals surface area contributed by atoms with E-state index in [-0.39, 0.29) is 12.5 Å². The SMILES string of the molecule is C/N=C\NC(=O)CN. The van der Waals surface area contributed by atoms with Crippen molar-refractivity contribution >= 4 is 12.2 Å². The van der Waals surface area contributed by atoms with Gasteiger partial charge in [0.05, 0.1) is 12.9 Å². The monoisotopic (exact) mass is 115 g/mol. The predicted octanol–water partition coefficient (Wildman–Crippen LogP) is -1.28. The summed E-state index contributed by atoms with van der Waals surface area (Å²) in [5.41, 5.74) is 4.94. The highest BCUT2D eigenvalue weighted by Gasteiger charge is 1.88. The number of amides is 1. The maximum absolute atomic E-state index is 10.2. The fourth-order valence-corrected chi connectivity index (χ4v) is 0.195. The molecule has 0 radical (unpaired) electrons. The van der Waals surface area contributed by atoms with Crippen LogP contribution in [0.15, 0.2) is 4.99 Å². The highest BCUT2D eigenvalue weighted by Crippen LogP contribution is 1.52. The molecule has 0 aromatic rings. The molecule has 4 nitrogen and oxygen atoms in total. The van der Waals surface area contributed by atoms with E-state index in [4.69, 9.17) is 5.73 Å². The first kappa shape index (κ1) is 7.10. The Morgan fingerprint density at radius 1 is 2.00 bits per heavy atom. The highest BCUT2D eigenvalue weighted by molar-refractivity contribution is 5.88. The Labute approximate surface area is 47.8 Å². The molecule has 3 N–H and O–H groups in total. The van der Waals surface area contributed by atoms with E-state index in [2.05, 4.69) is 10.3 Å². The van der Waals surface area contributed by atoms with E-state index in [1.165, 1.54) is 6.34 Å². The Bertz CT molecular complexity index is 99.5. The zero-order chi connectivity index (χ0) is 6.41. The maximum atomic E-state index is 10.2. The summed E-state index contributed by atoms with van der Waals surface area (Å²) in [4.78, 5) is 13.8. The van der Waals surface area contributed by atoms with Crippen LogP contribution in [0.25, 0.3) is 0 Å². The number of carbonyl (C=O) groups is 1. The van der Waals surface area contributed by atoms with Gasteiger partial charge in [-0.25, -0.2) is 0 Å². The van der Waals surface area contributed by atoms with Crippen LogP contribution in [-0.4, -0.2) is 25.8 Å². The first-order valence-electron chi connectivity index (χ1n) is 2.21. The molecule has 0 heterocycles. The van der Waals surface area contributed by atoms with E-state index in [0.29, 0.717) is 0 Å². The molecule has 0 atom stereocenters. The van der Waals surface area contributed by atoms with Crippen LogP contribution in [0.4, 0.5) is 0 Å². The Hall–Kier alpha value is -0.900. The standard InChI is InChI=1S/C4H9N3O/c1-6-3-7-4(8)2-5/h3H,2,5H2,1H3,(H,6,7,8). The van der Waals surface area contributed by atoms with Crippen LogP contribution in [0.3, 0.4) is 0 Å². The second-order valence-corrected chi connectivity index (χ2v) is 1.16. The summed E-state index contributed by atoms with van der Waals surface area (Å²) in [6.45, 7) is 0.00597. The van der Waals surface area contributed by atoms with E-state index in [1.807, 2.05) is 0 Å². The minimum absolute atomic E-state index is 0.00597. The lowest BCUT2D eigenvalue weighted by Crippen LogP contribution is -2.28. The topological polar surface area (TPSA) is 67.5 Å². The zero-order valence-corrected chi connectivity index (χ0v) is 4.72. The summed E-state index contributed by atoms with van der Waals surface area (Å²) in [6, 6.07) is 0. The summed E-state index contributed by atoms with van der Waals surface area (Å²) in [7, 11) is 1.57. The molecule has 0 aromatic carbocycles. The smallest absolute Gasteiger partial charge is 0.238 e. The van der Waals surface area contributed by atoms with Gasteiger partial charge in [0.15, 0.2) is 0 Å². The molecular formula is C4H9N3O. The van der Waals surface area contributed by atoms with Gasteiger partial charge < -0.3 is 11.1 Å². The van der Waals surface area contributed by atoms with E-state index < -0.39 is 0 Å². The van der Waals surface area contributed by atoms with Gasteiger partial charge in [-0.3, -0.25) is 9.79 Å². The van der Waals surface area contributed by atoms with Gasteiger partial charge in [0, 0.05) is 7.05 Å². The molecule has 8 heavy (non-hydrogen) atoms. The molecule has 0 saturated carbocycles. The molecule has 46 valence electrons. The Morgan fingerprint density at radius 2 is 2.62 bits per heavy atom. The second-order valence-electron chi connectivity index (χ2n) is 1.16. The van der Waals surface area contributed by atoms with Crippen LogP contribution in [0.1, 0.15) is 0 Å². The highest BCUT2D eigenvalue weighted by atomic mass is 16.1. The van der Waals surface area contributed by atoms with Gasteiger partial charge in [-0.15, -0.1) is 0 Å². The minimum atomic E-state index is -0.226. The summed E-state index contributed by atoms with van der Waals surface area (Å²) < 4.78 is 0. The molecule has 0 aliphatic heterocycles. The van der Waals surface area contributed by atoms with E-state index in [0.717, 1.165) is 0 Å². The van der Waals surface area contributed by atoms with Crippen LogP contribution in [0, 0.1) is 0 Å². The molecule has 1 amide bonds.